The van der Waals surface area contributed by atoms with Gasteiger partial charge >= 0.3 is 0 Å². The molecule has 1 fully saturated rings. The summed E-state index contributed by atoms with van der Waals surface area (Å²) in [7, 11) is 0. The first-order chi connectivity index (χ1) is 11.2. The molecule has 0 amide bonds. The molecule has 0 atom stereocenters. The third kappa shape index (κ3) is 6.33. The highest BCUT2D eigenvalue weighted by molar-refractivity contribution is 6.30. The van der Waals surface area contributed by atoms with Crippen LogP contribution in [0.15, 0.2) is 23.2 Å². The largest absolute Gasteiger partial charge is 0.379 e. The molecule has 0 aromatic heterocycles. The number of hydrogen-bond acceptors (Lipinski definition) is 3. The molecule has 1 aliphatic heterocycles. The van der Waals surface area contributed by atoms with Crippen molar-refractivity contribution in [2.75, 3.05) is 45.9 Å². The van der Waals surface area contributed by atoms with Crippen LogP contribution in [-0.4, -0.2) is 56.8 Å². The average Bonchev–Trinajstić information content (AvgIpc) is 2.56. The average molecular weight is 343 g/mol. The van der Waals surface area contributed by atoms with Gasteiger partial charge in [-0.2, -0.15) is 0 Å². The summed E-state index contributed by atoms with van der Waals surface area (Å²) in [5.74, 6) is 0.344. The molecular weight excluding hydrogens is 319 g/mol. The lowest BCUT2D eigenvalue weighted by molar-refractivity contribution is 0.0389. The summed E-state index contributed by atoms with van der Waals surface area (Å²) in [4.78, 5) is 6.87. The molecule has 128 valence electrons. The summed E-state index contributed by atoms with van der Waals surface area (Å²) >= 11 is 5.79. The molecule has 23 heavy (non-hydrogen) atoms. The number of hydrogen-bond donors (Lipinski definition) is 2. The molecule has 5 nitrogen and oxygen atoms in total. The first-order valence-electron chi connectivity index (χ1n) is 7.95. The Morgan fingerprint density at radius 1 is 1.35 bits per heavy atom. The van der Waals surface area contributed by atoms with E-state index in [9.17, 15) is 4.39 Å². The molecule has 0 saturated carbocycles. The quantitative estimate of drug-likeness (QED) is 0.612. The van der Waals surface area contributed by atoms with Crippen LogP contribution in [0.25, 0.3) is 0 Å². The van der Waals surface area contributed by atoms with Gasteiger partial charge in [0.25, 0.3) is 0 Å². The number of guanidine groups is 1. The zero-order valence-corrected chi connectivity index (χ0v) is 14.2. The van der Waals surface area contributed by atoms with Crippen LogP contribution >= 0.6 is 11.6 Å². The van der Waals surface area contributed by atoms with Gasteiger partial charge in [0.05, 0.1) is 24.8 Å². The van der Waals surface area contributed by atoms with Gasteiger partial charge in [0.2, 0.25) is 0 Å². The molecule has 1 heterocycles. The van der Waals surface area contributed by atoms with E-state index in [0.717, 1.165) is 57.5 Å². The monoisotopic (exact) mass is 342 g/mol. The topological polar surface area (TPSA) is 48.9 Å². The van der Waals surface area contributed by atoms with Crippen LogP contribution in [0.5, 0.6) is 0 Å². The van der Waals surface area contributed by atoms with E-state index < -0.39 is 5.82 Å². The van der Waals surface area contributed by atoms with Crippen LogP contribution in [0, 0.1) is 5.82 Å². The summed E-state index contributed by atoms with van der Waals surface area (Å²) < 4.78 is 18.5. The normalized spacial score (nSPS) is 16.4. The zero-order chi connectivity index (χ0) is 16.5. The molecule has 0 radical (unpaired) electrons. The van der Waals surface area contributed by atoms with Crippen LogP contribution in [0.4, 0.5) is 4.39 Å². The predicted octanol–water partition coefficient (Wildman–Crippen LogP) is 1.87. The Morgan fingerprint density at radius 2 is 2.13 bits per heavy atom. The van der Waals surface area contributed by atoms with Gasteiger partial charge in [0.1, 0.15) is 5.82 Å². The van der Waals surface area contributed by atoms with Gasteiger partial charge in [-0.05, 0) is 24.6 Å². The van der Waals surface area contributed by atoms with E-state index in [0.29, 0.717) is 6.54 Å². The van der Waals surface area contributed by atoms with Gasteiger partial charge in [-0.15, -0.1) is 0 Å². The second-order valence-corrected chi connectivity index (χ2v) is 5.73. The van der Waals surface area contributed by atoms with Crippen LogP contribution in [0.3, 0.4) is 0 Å². The number of halogens is 2. The smallest absolute Gasteiger partial charge is 0.191 e. The Labute approximate surface area is 141 Å². The van der Waals surface area contributed by atoms with Gasteiger partial charge in [-0.1, -0.05) is 17.7 Å². The molecule has 1 aliphatic rings. The van der Waals surface area contributed by atoms with Crippen molar-refractivity contribution in [3.05, 3.63) is 34.6 Å². The highest BCUT2D eigenvalue weighted by atomic mass is 35.5. The molecule has 1 aromatic rings. The van der Waals surface area contributed by atoms with Crippen molar-refractivity contribution in [3.63, 3.8) is 0 Å². The molecule has 7 heteroatoms. The predicted molar refractivity (Wildman–Crippen MR) is 91.5 cm³/mol. The zero-order valence-electron chi connectivity index (χ0n) is 13.4. The number of aliphatic imine (C=N–C) groups is 1. The number of benzene rings is 1. The summed E-state index contributed by atoms with van der Waals surface area (Å²) in [6.07, 6.45) is 0. The maximum atomic E-state index is 13.2. The molecule has 1 saturated heterocycles. The standard InChI is InChI=1S/C16H24ClFN4O/c1-2-19-16(20-5-6-22-7-9-23-10-8-22)21-12-13-3-4-15(18)14(17)11-13/h3-4,11H,2,5-10,12H2,1H3,(H2,19,20,21). The minimum atomic E-state index is -0.407. The summed E-state index contributed by atoms with van der Waals surface area (Å²) in [5, 5.41) is 6.65. The van der Waals surface area contributed by atoms with Crippen LogP contribution < -0.4 is 10.6 Å². The van der Waals surface area contributed by atoms with Crippen molar-refractivity contribution in [1.82, 2.24) is 15.5 Å². The number of nitrogens with zero attached hydrogens (tertiary/aromatic N) is 2. The Balaban J connectivity index is 1.82. The highest BCUT2D eigenvalue weighted by Crippen LogP contribution is 2.16. The van der Waals surface area contributed by atoms with E-state index in [1.807, 2.05) is 6.92 Å². The lowest BCUT2D eigenvalue weighted by Gasteiger charge is -2.26. The minimum Gasteiger partial charge on any atom is -0.379 e. The molecule has 0 bridgehead atoms. The highest BCUT2D eigenvalue weighted by Gasteiger charge is 2.09. The first-order valence-corrected chi connectivity index (χ1v) is 8.33. The van der Waals surface area contributed by atoms with Crippen molar-refractivity contribution in [2.24, 2.45) is 4.99 Å². The lowest BCUT2D eigenvalue weighted by atomic mass is 10.2. The maximum Gasteiger partial charge on any atom is 0.191 e. The fraction of sp³-hybridized carbons (Fsp3) is 0.562. The van der Waals surface area contributed by atoms with Crippen molar-refractivity contribution in [3.8, 4) is 0 Å². The van der Waals surface area contributed by atoms with Crippen LogP contribution in [0.2, 0.25) is 5.02 Å². The van der Waals surface area contributed by atoms with E-state index in [-0.39, 0.29) is 5.02 Å². The summed E-state index contributed by atoms with van der Waals surface area (Å²) in [6.45, 7) is 8.59. The number of nitrogens with one attached hydrogen (secondary N) is 2. The first kappa shape index (κ1) is 18.0. The van der Waals surface area contributed by atoms with Gasteiger partial charge in [0.15, 0.2) is 5.96 Å². The van der Waals surface area contributed by atoms with E-state index in [1.54, 1.807) is 12.1 Å². The summed E-state index contributed by atoms with van der Waals surface area (Å²) in [5.41, 5.74) is 0.877. The third-order valence-electron chi connectivity index (χ3n) is 3.57. The van der Waals surface area contributed by atoms with Gasteiger partial charge < -0.3 is 15.4 Å². The molecule has 1 aromatic carbocycles. The third-order valence-corrected chi connectivity index (χ3v) is 3.86. The van der Waals surface area contributed by atoms with Crippen LogP contribution in [0.1, 0.15) is 12.5 Å². The van der Waals surface area contributed by atoms with Crippen LogP contribution in [-0.2, 0) is 11.3 Å². The van der Waals surface area contributed by atoms with Crippen molar-refractivity contribution < 1.29 is 9.13 Å². The van der Waals surface area contributed by atoms with Crippen molar-refractivity contribution >= 4 is 17.6 Å². The van der Waals surface area contributed by atoms with E-state index in [2.05, 4.69) is 20.5 Å². The van der Waals surface area contributed by atoms with Gasteiger partial charge in [-0.3, -0.25) is 4.90 Å². The Hall–Kier alpha value is -1.37. The van der Waals surface area contributed by atoms with E-state index in [4.69, 9.17) is 16.3 Å². The number of ether oxygens (including phenoxy) is 1. The molecule has 2 N–H and O–H groups in total. The fourth-order valence-electron chi connectivity index (χ4n) is 2.31. The maximum absolute atomic E-state index is 13.2. The molecule has 0 aliphatic carbocycles. The second kappa shape index (κ2) is 9.70. The number of rotatable bonds is 6. The van der Waals surface area contributed by atoms with Crippen molar-refractivity contribution in [1.29, 1.82) is 0 Å². The van der Waals surface area contributed by atoms with Crippen molar-refractivity contribution in [2.45, 2.75) is 13.5 Å². The molecule has 0 spiro atoms. The Kier molecular flexibility index (Phi) is 7.58. The molecular formula is C16H24ClFN4O. The van der Waals surface area contributed by atoms with Gasteiger partial charge in [0, 0.05) is 32.7 Å². The Bertz CT molecular complexity index is 521. The fourth-order valence-corrected chi connectivity index (χ4v) is 2.51. The number of morpholine rings is 1. The molecule has 2 rings (SSSR count). The summed E-state index contributed by atoms with van der Waals surface area (Å²) in [6, 6.07) is 4.67. The van der Waals surface area contributed by atoms with Gasteiger partial charge in [-0.25, -0.2) is 9.38 Å². The molecule has 0 unspecified atom stereocenters. The lowest BCUT2D eigenvalue weighted by Crippen LogP contribution is -2.44. The second-order valence-electron chi connectivity index (χ2n) is 5.32. The SMILES string of the molecule is CCNC(=NCc1ccc(F)c(Cl)c1)NCCN1CCOCC1. The minimum absolute atomic E-state index is 0.128. The Morgan fingerprint density at radius 3 is 2.83 bits per heavy atom. The van der Waals surface area contributed by atoms with E-state index >= 15 is 0 Å². The van der Waals surface area contributed by atoms with E-state index in [1.165, 1.54) is 6.07 Å².